The molecule has 9 heteroatoms. The number of benzene rings is 1. The van der Waals surface area contributed by atoms with Crippen molar-refractivity contribution in [2.45, 2.75) is 6.92 Å². The molecule has 2 N–H and O–H groups in total. The van der Waals surface area contributed by atoms with Crippen molar-refractivity contribution in [3.8, 4) is 17.2 Å². The van der Waals surface area contributed by atoms with Crippen LogP contribution >= 0.6 is 0 Å². The van der Waals surface area contributed by atoms with Gasteiger partial charge in [-0.1, -0.05) is 12.1 Å². The number of imidazole rings is 1. The topological polar surface area (TPSA) is 105 Å². The standard InChI is InChI=1S/C19H19N7O2/c1-12-13(11-20-18(21-12)25-6-8-28-9-7-25)16-10-17(27)26(24-16)19-22-14-4-2-3-5-15(14)23-19/h2-5,10-11,24H,6-9H2,1H3,(H,22,23). The molecule has 1 aromatic carbocycles. The van der Waals surface area contributed by atoms with Gasteiger partial charge in [-0.05, 0) is 19.1 Å². The van der Waals surface area contributed by atoms with Gasteiger partial charge in [-0.25, -0.2) is 15.0 Å². The van der Waals surface area contributed by atoms with E-state index >= 15 is 0 Å². The lowest BCUT2D eigenvalue weighted by Gasteiger charge is -2.27. The van der Waals surface area contributed by atoms with Crippen LogP contribution in [0.2, 0.25) is 0 Å². The summed E-state index contributed by atoms with van der Waals surface area (Å²) in [6.07, 6.45) is 1.75. The largest absolute Gasteiger partial charge is 0.378 e. The van der Waals surface area contributed by atoms with Crippen molar-refractivity contribution >= 4 is 17.0 Å². The Morgan fingerprint density at radius 3 is 2.75 bits per heavy atom. The van der Waals surface area contributed by atoms with E-state index in [0.717, 1.165) is 35.4 Å². The minimum Gasteiger partial charge on any atom is -0.378 e. The normalized spacial score (nSPS) is 14.7. The van der Waals surface area contributed by atoms with E-state index in [4.69, 9.17) is 4.74 Å². The van der Waals surface area contributed by atoms with Gasteiger partial charge in [-0.2, -0.15) is 4.68 Å². The molecule has 4 heterocycles. The van der Waals surface area contributed by atoms with Gasteiger partial charge in [0.25, 0.3) is 5.56 Å². The summed E-state index contributed by atoms with van der Waals surface area (Å²) >= 11 is 0. The maximum absolute atomic E-state index is 12.5. The van der Waals surface area contributed by atoms with E-state index in [1.165, 1.54) is 10.7 Å². The van der Waals surface area contributed by atoms with Crippen LogP contribution in [0.4, 0.5) is 5.95 Å². The van der Waals surface area contributed by atoms with Crippen LogP contribution in [0.5, 0.6) is 0 Å². The highest BCUT2D eigenvalue weighted by Gasteiger charge is 2.17. The van der Waals surface area contributed by atoms with Crippen LogP contribution in [0.1, 0.15) is 5.69 Å². The molecule has 1 saturated heterocycles. The van der Waals surface area contributed by atoms with Crippen molar-refractivity contribution in [2.75, 3.05) is 31.2 Å². The number of H-pyrrole nitrogens is 2. The Balaban J connectivity index is 1.50. The second kappa shape index (κ2) is 6.61. The molecule has 1 aliphatic heterocycles. The number of para-hydroxylation sites is 2. The minimum absolute atomic E-state index is 0.203. The molecule has 0 bridgehead atoms. The average molecular weight is 377 g/mol. The van der Waals surface area contributed by atoms with Gasteiger partial charge in [0.1, 0.15) is 0 Å². The van der Waals surface area contributed by atoms with E-state index in [-0.39, 0.29) is 5.56 Å². The fourth-order valence-corrected chi connectivity index (χ4v) is 3.37. The highest BCUT2D eigenvalue weighted by molar-refractivity contribution is 5.76. The maximum atomic E-state index is 12.5. The number of rotatable bonds is 3. The van der Waals surface area contributed by atoms with Gasteiger partial charge in [0, 0.05) is 30.9 Å². The van der Waals surface area contributed by atoms with Gasteiger partial charge < -0.3 is 14.6 Å². The summed E-state index contributed by atoms with van der Waals surface area (Å²) in [7, 11) is 0. The Labute approximate surface area is 160 Å². The van der Waals surface area contributed by atoms with Crippen molar-refractivity contribution in [1.82, 2.24) is 29.7 Å². The smallest absolute Gasteiger partial charge is 0.274 e. The lowest BCUT2D eigenvalue weighted by Crippen LogP contribution is -2.37. The molecule has 0 aliphatic carbocycles. The van der Waals surface area contributed by atoms with E-state index < -0.39 is 0 Å². The Hall–Kier alpha value is -3.46. The molecule has 0 amide bonds. The molecular formula is C19H19N7O2. The van der Waals surface area contributed by atoms with Crippen molar-refractivity contribution in [2.24, 2.45) is 0 Å². The van der Waals surface area contributed by atoms with Crippen molar-refractivity contribution in [3.05, 3.63) is 52.6 Å². The second-order valence-corrected chi connectivity index (χ2v) is 6.69. The van der Waals surface area contributed by atoms with Crippen molar-refractivity contribution in [1.29, 1.82) is 0 Å². The maximum Gasteiger partial charge on any atom is 0.274 e. The van der Waals surface area contributed by atoms with Crippen LogP contribution in [0.3, 0.4) is 0 Å². The first-order valence-corrected chi connectivity index (χ1v) is 9.13. The van der Waals surface area contributed by atoms with Crippen molar-refractivity contribution in [3.63, 3.8) is 0 Å². The Morgan fingerprint density at radius 2 is 1.96 bits per heavy atom. The zero-order valence-corrected chi connectivity index (χ0v) is 15.3. The van der Waals surface area contributed by atoms with E-state index in [1.54, 1.807) is 6.20 Å². The number of aryl methyl sites for hydroxylation is 1. The molecular weight excluding hydrogens is 358 g/mol. The highest BCUT2D eigenvalue weighted by Crippen LogP contribution is 2.21. The second-order valence-electron chi connectivity index (χ2n) is 6.69. The predicted octanol–water partition coefficient (Wildman–Crippen LogP) is 1.64. The lowest BCUT2D eigenvalue weighted by atomic mass is 10.2. The summed E-state index contributed by atoms with van der Waals surface area (Å²) in [4.78, 5) is 31.4. The molecule has 0 spiro atoms. The monoisotopic (exact) mass is 377 g/mol. The van der Waals surface area contributed by atoms with Crippen LogP contribution in [0.15, 0.2) is 41.3 Å². The average Bonchev–Trinajstić information content (AvgIpc) is 3.31. The first kappa shape index (κ1) is 16.7. The summed E-state index contributed by atoms with van der Waals surface area (Å²) in [6.45, 7) is 4.82. The van der Waals surface area contributed by atoms with Crippen LogP contribution < -0.4 is 10.5 Å². The quantitative estimate of drug-likeness (QED) is 0.562. The number of morpholine rings is 1. The first-order chi connectivity index (χ1) is 13.7. The minimum atomic E-state index is -0.203. The number of fused-ring (bicyclic) bond motifs is 1. The molecule has 142 valence electrons. The van der Waals surface area contributed by atoms with Gasteiger partial charge in [-0.3, -0.25) is 9.89 Å². The van der Waals surface area contributed by atoms with Gasteiger partial charge in [-0.15, -0.1) is 0 Å². The van der Waals surface area contributed by atoms with Crippen LogP contribution in [-0.4, -0.2) is 56.0 Å². The highest BCUT2D eigenvalue weighted by atomic mass is 16.5. The fourth-order valence-electron chi connectivity index (χ4n) is 3.37. The molecule has 4 aromatic rings. The van der Waals surface area contributed by atoms with Crippen LogP contribution in [-0.2, 0) is 4.74 Å². The molecule has 0 atom stereocenters. The Bertz CT molecular complexity index is 1170. The summed E-state index contributed by atoms with van der Waals surface area (Å²) in [5, 5.41) is 3.11. The summed E-state index contributed by atoms with van der Waals surface area (Å²) < 4.78 is 6.77. The lowest BCUT2D eigenvalue weighted by molar-refractivity contribution is 0.122. The van der Waals surface area contributed by atoms with E-state index in [9.17, 15) is 4.79 Å². The SMILES string of the molecule is Cc1nc(N2CCOCC2)ncc1-c1cc(=O)n(-c2nc3ccccc3[nH]2)[nH]1. The number of hydrogen-bond donors (Lipinski definition) is 2. The summed E-state index contributed by atoms with van der Waals surface area (Å²) in [5.41, 5.74) is 3.70. The Morgan fingerprint density at radius 1 is 1.14 bits per heavy atom. The van der Waals surface area contributed by atoms with E-state index in [1.807, 2.05) is 31.2 Å². The molecule has 1 aliphatic rings. The predicted molar refractivity (Wildman–Crippen MR) is 105 cm³/mol. The number of aromatic amines is 2. The fraction of sp³-hybridized carbons (Fsp3) is 0.263. The van der Waals surface area contributed by atoms with Gasteiger partial charge in [0.05, 0.1) is 35.6 Å². The van der Waals surface area contributed by atoms with Crippen LogP contribution in [0, 0.1) is 6.92 Å². The number of anilines is 1. The molecule has 0 radical (unpaired) electrons. The first-order valence-electron chi connectivity index (χ1n) is 9.13. The number of ether oxygens (including phenoxy) is 1. The zero-order valence-electron chi connectivity index (χ0n) is 15.3. The van der Waals surface area contributed by atoms with E-state index in [2.05, 4.69) is 29.9 Å². The number of hydrogen-bond acceptors (Lipinski definition) is 6. The molecule has 3 aromatic heterocycles. The third kappa shape index (κ3) is 2.85. The summed E-state index contributed by atoms with van der Waals surface area (Å²) in [5.74, 6) is 1.13. The van der Waals surface area contributed by atoms with Crippen LogP contribution in [0.25, 0.3) is 28.2 Å². The van der Waals surface area contributed by atoms with E-state index in [0.29, 0.717) is 30.8 Å². The van der Waals surface area contributed by atoms with Crippen molar-refractivity contribution < 1.29 is 4.74 Å². The third-order valence-corrected chi connectivity index (χ3v) is 4.86. The molecule has 1 fully saturated rings. The molecule has 28 heavy (non-hydrogen) atoms. The van der Waals surface area contributed by atoms with Gasteiger partial charge in [0.2, 0.25) is 11.9 Å². The molecule has 0 saturated carbocycles. The number of nitrogens with zero attached hydrogens (tertiary/aromatic N) is 5. The molecule has 9 nitrogen and oxygen atoms in total. The Kier molecular flexibility index (Phi) is 3.94. The molecule has 5 rings (SSSR count). The zero-order chi connectivity index (χ0) is 19.1. The summed E-state index contributed by atoms with van der Waals surface area (Å²) in [6, 6.07) is 9.18. The van der Waals surface area contributed by atoms with Gasteiger partial charge >= 0.3 is 0 Å². The third-order valence-electron chi connectivity index (χ3n) is 4.86. The number of aromatic nitrogens is 6. The van der Waals surface area contributed by atoms with Gasteiger partial charge in [0.15, 0.2) is 0 Å². The number of nitrogens with one attached hydrogen (secondary N) is 2. The molecule has 0 unspecified atom stereocenters.